The first-order chi connectivity index (χ1) is 10.8. The van der Waals surface area contributed by atoms with Crippen LogP contribution in [-0.4, -0.2) is 35.1 Å². The lowest BCUT2D eigenvalue weighted by Gasteiger charge is -2.52. The molecule has 0 saturated carbocycles. The Hall–Kier alpha value is -1.94. The highest BCUT2D eigenvalue weighted by molar-refractivity contribution is 5.84. The van der Waals surface area contributed by atoms with Crippen molar-refractivity contribution in [3.8, 4) is 0 Å². The molecule has 4 heteroatoms. The molecular weight excluding hydrogens is 272 g/mol. The van der Waals surface area contributed by atoms with E-state index in [1.807, 2.05) is 0 Å². The van der Waals surface area contributed by atoms with Gasteiger partial charge in [0.1, 0.15) is 11.6 Å². The van der Waals surface area contributed by atoms with Crippen LogP contribution in [0.1, 0.15) is 19.3 Å². The number of rotatable bonds is 2. The van der Waals surface area contributed by atoms with E-state index in [9.17, 15) is 0 Å². The fourth-order valence-corrected chi connectivity index (χ4v) is 4.57. The molecule has 5 heterocycles. The fourth-order valence-electron chi connectivity index (χ4n) is 4.57. The van der Waals surface area contributed by atoms with E-state index in [2.05, 4.69) is 56.9 Å². The van der Waals surface area contributed by atoms with Crippen LogP contribution in [-0.2, 0) is 0 Å². The molecule has 3 fully saturated rings. The lowest BCUT2D eigenvalue weighted by atomic mass is 9.72. The maximum absolute atomic E-state index is 3.82. The van der Waals surface area contributed by atoms with E-state index in [1.54, 1.807) is 0 Å². The maximum Gasteiger partial charge on any atom is 0.109 e. The van der Waals surface area contributed by atoms with Crippen molar-refractivity contribution in [2.45, 2.75) is 24.8 Å². The van der Waals surface area contributed by atoms with Gasteiger partial charge in [-0.2, -0.15) is 0 Å². The van der Waals surface area contributed by atoms with Gasteiger partial charge in [0, 0.05) is 17.4 Å². The van der Waals surface area contributed by atoms with Gasteiger partial charge in [-0.15, -0.1) is 0 Å². The number of anilines is 1. The molecule has 3 saturated heterocycles. The average molecular weight is 294 g/mol. The minimum atomic E-state index is 0.283. The second-order valence-electron chi connectivity index (χ2n) is 7.05. The summed E-state index contributed by atoms with van der Waals surface area (Å²) in [4.78, 5) is 6.06. The molecule has 3 N–H and O–H groups in total. The van der Waals surface area contributed by atoms with Crippen LogP contribution in [0.15, 0.2) is 42.2 Å². The van der Waals surface area contributed by atoms with Gasteiger partial charge in [0.05, 0.1) is 5.54 Å². The van der Waals surface area contributed by atoms with E-state index < -0.39 is 0 Å². The smallest absolute Gasteiger partial charge is 0.109 e. The normalized spacial score (nSPS) is 33.2. The summed E-state index contributed by atoms with van der Waals surface area (Å²) >= 11 is 0. The number of nitrogens with zero attached hydrogens (tertiary/aromatic N) is 1. The van der Waals surface area contributed by atoms with Crippen molar-refractivity contribution in [2.24, 2.45) is 5.92 Å². The summed E-state index contributed by atoms with van der Waals surface area (Å²) in [7, 11) is 0. The molecule has 0 aliphatic carbocycles. The summed E-state index contributed by atoms with van der Waals surface area (Å²) in [5, 5.41) is 8.61. The Labute approximate surface area is 130 Å². The van der Waals surface area contributed by atoms with Crippen LogP contribution in [0.25, 0.3) is 10.9 Å². The number of aromatic nitrogens is 1. The van der Waals surface area contributed by atoms with E-state index >= 15 is 0 Å². The number of nitrogens with one attached hydrogen (secondary N) is 3. The third kappa shape index (κ3) is 1.87. The molecule has 0 unspecified atom stereocenters. The zero-order valence-corrected chi connectivity index (χ0v) is 12.7. The largest absolute Gasteiger partial charge is 0.365 e. The predicted molar refractivity (Wildman–Crippen MR) is 89.7 cm³/mol. The summed E-state index contributed by atoms with van der Waals surface area (Å²) in [6.45, 7) is 3.78. The standard InChI is InChI=1S/C18H22N4/c1-2-4-15-13(3-1)11-17(19-15)20-16-5-8-18(21-16)12-22-9-6-14(18)7-10-22/h1-5,11,14,19-21H,6-10,12H2/t18-/m0/s1. The molecule has 4 nitrogen and oxygen atoms in total. The van der Waals surface area contributed by atoms with Crippen molar-refractivity contribution in [3.05, 3.63) is 42.2 Å². The van der Waals surface area contributed by atoms with Crippen molar-refractivity contribution < 1.29 is 0 Å². The number of piperidine rings is 3. The monoisotopic (exact) mass is 294 g/mol. The van der Waals surface area contributed by atoms with Crippen molar-refractivity contribution >= 4 is 16.7 Å². The first kappa shape index (κ1) is 12.6. The minimum Gasteiger partial charge on any atom is -0.365 e. The van der Waals surface area contributed by atoms with Crippen LogP contribution in [0.5, 0.6) is 0 Å². The van der Waals surface area contributed by atoms with Gasteiger partial charge < -0.3 is 20.5 Å². The molecule has 4 aliphatic heterocycles. The summed E-state index contributed by atoms with van der Waals surface area (Å²) in [5.74, 6) is 3.06. The molecule has 22 heavy (non-hydrogen) atoms. The lowest BCUT2D eigenvalue weighted by Crippen LogP contribution is -2.64. The molecule has 2 aromatic rings. The number of H-pyrrole nitrogens is 1. The van der Waals surface area contributed by atoms with Gasteiger partial charge in [-0.1, -0.05) is 18.2 Å². The summed E-state index contributed by atoms with van der Waals surface area (Å²) in [6.07, 6.45) is 6.19. The highest BCUT2D eigenvalue weighted by atomic mass is 15.3. The van der Waals surface area contributed by atoms with Crippen molar-refractivity contribution in [1.82, 2.24) is 15.2 Å². The molecule has 1 aromatic carbocycles. The number of aromatic amines is 1. The Morgan fingerprint density at radius 3 is 2.82 bits per heavy atom. The Morgan fingerprint density at radius 2 is 2.05 bits per heavy atom. The Balaban J connectivity index is 1.35. The summed E-state index contributed by atoms with van der Waals surface area (Å²) in [5.41, 5.74) is 1.46. The maximum atomic E-state index is 3.82. The molecule has 6 rings (SSSR count). The highest BCUT2D eigenvalue weighted by Crippen LogP contribution is 2.41. The first-order valence-corrected chi connectivity index (χ1v) is 8.36. The molecule has 1 aromatic heterocycles. The van der Waals surface area contributed by atoms with E-state index in [1.165, 1.54) is 49.2 Å². The molecule has 1 spiro atoms. The van der Waals surface area contributed by atoms with Crippen LogP contribution in [0.3, 0.4) is 0 Å². The quantitative estimate of drug-likeness (QED) is 0.798. The van der Waals surface area contributed by atoms with E-state index in [0.717, 1.165) is 18.2 Å². The van der Waals surface area contributed by atoms with Crippen molar-refractivity contribution in [1.29, 1.82) is 0 Å². The van der Waals surface area contributed by atoms with Gasteiger partial charge in [0.15, 0.2) is 0 Å². The van der Waals surface area contributed by atoms with Crippen LogP contribution in [0, 0.1) is 5.92 Å². The van der Waals surface area contributed by atoms with Gasteiger partial charge in [0.2, 0.25) is 0 Å². The van der Waals surface area contributed by atoms with Crippen molar-refractivity contribution in [2.75, 3.05) is 25.0 Å². The van der Waals surface area contributed by atoms with Crippen LogP contribution in [0.2, 0.25) is 0 Å². The van der Waals surface area contributed by atoms with E-state index in [-0.39, 0.29) is 5.54 Å². The van der Waals surface area contributed by atoms with Crippen LogP contribution in [0.4, 0.5) is 5.82 Å². The number of para-hydroxylation sites is 1. The first-order valence-electron chi connectivity index (χ1n) is 8.36. The highest BCUT2D eigenvalue weighted by Gasteiger charge is 2.48. The molecular formula is C18H22N4. The van der Waals surface area contributed by atoms with Gasteiger partial charge in [-0.3, -0.25) is 0 Å². The third-order valence-corrected chi connectivity index (χ3v) is 5.73. The average Bonchev–Trinajstić information content (AvgIpc) is 3.12. The molecule has 4 aliphatic rings. The Kier molecular flexibility index (Phi) is 2.59. The number of fused-ring (bicyclic) bond motifs is 3. The molecule has 0 radical (unpaired) electrons. The molecule has 1 atom stereocenters. The second kappa shape index (κ2) is 4.53. The van der Waals surface area contributed by atoms with E-state index in [4.69, 9.17) is 0 Å². The topological polar surface area (TPSA) is 43.1 Å². The summed E-state index contributed by atoms with van der Waals surface area (Å²) in [6, 6.07) is 10.6. The Morgan fingerprint density at radius 1 is 1.18 bits per heavy atom. The SMILES string of the molecule is C1=C(Nc2cc3ccccc3[nH]2)N[C@@]2(C1)CN1CCC2CC1. The molecule has 2 bridgehead atoms. The fraction of sp³-hybridized carbons (Fsp3) is 0.444. The predicted octanol–water partition coefficient (Wildman–Crippen LogP) is 2.88. The molecule has 0 amide bonds. The third-order valence-electron chi connectivity index (χ3n) is 5.73. The van der Waals surface area contributed by atoms with Crippen molar-refractivity contribution in [3.63, 3.8) is 0 Å². The molecule has 114 valence electrons. The van der Waals surface area contributed by atoms with Gasteiger partial charge in [-0.05, 0) is 56.5 Å². The van der Waals surface area contributed by atoms with Crippen LogP contribution < -0.4 is 10.6 Å². The Bertz CT molecular complexity index is 705. The number of hydrogen-bond acceptors (Lipinski definition) is 3. The zero-order valence-electron chi connectivity index (χ0n) is 12.7. The summed E-state index contributed by atoms with van der Waals surface area (Å²) < 4.78 is 0. The van der Waals surface area contributed by atoms with Gasteiger partial charge in [0.25, 0.3) is 0 Å². The van der Waals surface area contributed by atoms with E-state index in [0.29, 0.717) is 0 Å². The number of benzene rings is 1. The second-order valence-corrected chi connectivity index (χ2v) is 7.05. The number of hydrogen-bond donors (Lipinski definition) is 3. The zero-order chi connectivity index (χ0) is 14.6. The van der Waals surface area contributed by atoms with Crippen LogP contribution >= 0.6 is 0 Å². The lowest BCUT2D eigenvalue weighted by molar-refractivity contribution is 0.0189. The van der Waals surface area contributed by atoms with Gasteiger partial charge >= 0.3 is 0 Å². The van der Waals surface area contributed by atoms with Gasteiger partial charge in [-0.25, -0.2) is 0 Å². The minimum absolute atomic E-state index is 0.283.